The standard InChI is InChI=1S/C26H30ClN5O6/c1-17(33)32-9-7-31(8-10-32)11-12-37-24-6-3-18(13-20(24)26-21(27)15-28-30(26)2)29-25(36)16-38-19-4-5-22(34)23(35)14-19/h3-6,13-15,34-35H,7-12,16H2,1-2H3,(H,29,36). The molecule has 0 saturated carbocycles. The number of anilines is 1. The van der Waals surface area contributed by atoms with Crippen molar-refractivity contribution in [3.63, 3.8) is 0 Å². The Morgan fingerprint density at radius 3 is 2.47 bits per heavy atom. The van der Waals surface area contributed by atoms with Crippen molar-refractivity contribution in [1.82, 2.24) is 19.6 Å². The minimum Gasteiger partial charge on any atom is -0.504 e. The van der Waals surface area contributed by atoms with Crippen LogP contribution in [0, 0.1) is 0 Å². The molecule has 4 rings (SSSR count). The number of phenolic OH excluding ortho intramolecular Hbond substituents is 2. The Morgan fingerprint density at radius 1 is 1.05 bits per heavy atom. The number of halogens is 1. The van der Waals surface area contributed by atoms with Gasteiger partial charge in [0.15, 0.2) is 18.1 Å². The van der Waals surface area contributed by atoms with E-state index < -0.39 is 5.91 Å². The summed E-state index contributed by atoms with van der Waals surface area (Å²) >= 11 is 6.42. The van der Waals surface area contributed by atoms with Crippen molar-refractivity contribution in [2.24, 2.45) is 7.05 Å². The molecular formula is C26H30ClN5O6. The number of phenols is 2. The molecule has 0 unspecified atom stereocenters. The Labute approximate surface area is 225 Å². The van der Waals surface area contributed by atoms with Gasteiger partial charge in [0.2, 0.25) is 5.91 Å². The van der Waals surface area contributed by atoms with Gasteiger partial charge < -0.3 is 29.9 Å². The number of carbonyl (C=O) groups excluding carboxylic acids is 2. The molecule has 0 atom stereocenters. The van der Waals surface area contributed by atoms with Crippen LogP contribution in [0.3, 0.4) is 0 Å². The van der Waals surface area contributed by atoms with Crippen LogP contribution in [0.5, 0.6) is 23.0 Å². The molecule has 2 aromatic carbocycles. The third-order valence-corrected chi connectivity index (χ3v) is 6.49. The fourth-order valence-corrected chi connectivity index (χ4v) is 4.41. The zero-order valence-electron chi connectivity index (χ0n) is 21.2. The summed E-state index contributed by atoms with van der Waals surface area (Å²) in [5.41, 5.74) is 1.81. The van der Waals surface area contributed by atoms with Gasteiger partial charge in [0, 0.05) is 64.0 Å². The molecule has 11 nitrogen and oxygen atoms in total. The lowest BCUT2D eigenvalue weighted by atomic mass is 10.1. The maximum Gasteiger partial charge on any atom is 0.262 e. The molecule has 1 saturated heterocycles. The first-order chi connectivity index (χ1) is 18.2. The molecule has 1 fully saturated rings. The minimum absolute atomic E-state index is 0.0944. The van der Waals surface area contributed by atoms with E-state index in [1.807, 2.05) is 4.90 Å². The van der Waals surface area contributed by atoms with Crippen LogP contribution in [-0.2, 0) is 16.6 Å². The fraction of sp³-hybridized carbons (Fsp3) is 0.346. The van der Waals surface area contributed by atoms with Gasteiger partial charge >= 0.3 is 0 Å². The van der Waals surface area contributed by atoms with E-state index in [0.29, 0.717) is 54.0 Å². The van der Waals surface area contributed by atoms with Crippen molar-refractivity contribution in [3.8, 4) is 34.3 Å². The number of benzene rings is 2. The molecule has 1 aliphatic heterocycles. The Kier molecular flexibility index (Phi) is 8.59. The molecule has 0 aliphatic carbocycles. The molecule has 3 N–H and O–H groups in total. The van der Waals surface area contributed by atoms with Crippen molar-refractivity contribution in [2.75, 3.05) is 51.3 Å². The monoisotopic (exact) mass is 543 g/mol. The highest BCUT2D eigenvalue weighted by Crippen LogP contribution is 2.36. The molecule has 0 bridgehead atoms. The predicted molar refractivity (Wildman–Crippen MR) is 142 cm³/mol. The minimum atomic E-state index is -0.419. The van der Waals surface area contributed by atoms with E-state index in [4.69, 9.17) is 21.1 Å². The summed E-state index contributed by atoms with van der Waals surface area (Å²) in [5, 5.41) is 26.4. The third-order valence-electron chi connectivity index (χ3n) is 6.21. The van der Waals surface area contributed by atoms with Crippen LogP contribution in [0.1, 0.15) is 6.92 Å². The fourth-order valence-electron chi connectivity index (χ4n) is 4.14. The number of carbonyl (C=O) groups is 2. The number of nitrogens with one attached hydrogen (secondary N) is 1. The topological polar surface area (TPSA) is 129 Å². The number of aromatic nitrogens is 2. The Morgan fingerprint density at radius 2 is 1.82 bits per heavy atom. The zero-order chi connectivity index (χ0) is 27.2. The molecule has 0 radical (unpaired) electrons. The maximum atomic E-state index is 12.5. The number of amides is 2. The van der Waals surface area contributed by atoms with Gasteiger partial charge in [0.1, 0.15) is 18.1 Å². The number of aromatic hydroxyl groups is 2. The average Bonchev–Trinajstić information content (AvgIpc) is 3.23. The predicted octanol–water partition coefficient (Wildman–Crippen LogP) is 2.71. The summed E-state index contributed by atoms with van der Waals surface area (Å²) < 4.78 is 13.2. The van der Waals surface area contributed by atoms with Gasteiger partial charge in [-0.2, -0.15) is 5.10 Å². The summed E-state index contributed by atoms with van der Waals surface area (Å²) in [5.74, 6) is -0.110. The maximum absolute atomic E-state index is 12.5. The van der Waals surface area contributed by atoms with Gasteiger partial charge in [-0.3, -0.25) is 19.2 Å². The number of piperazine rings is 1. The van der Waals surface area contributed by atoms with Crippen molar-refractivity contribution in [3.05, 3.63) is 47.6 Å². The third kappa shape index (κ3) is 6.67. The first-order valence-corrected chi connectivity index (χ1v) is 12.5. The number of hydrogen-bond donors (Lipinski definition) is 3. The summed E-state index contributed by atoms with van der Waals surface area (Å²) in [6.45, 7) is 5.41. The molecule has 2 amide bonds. The molecule has 2 heterocycles. The zero-order valence-corrected chi connectivity index (χ0v) is 21.9. The van der Waals surface area contributed by atoms with E-state index in [1.54, 1.807) is 43.0 Å². The van der Waals surface area contributed by atoms with Crippen molar-refractivity contribution >= 4 is 29.1 Å². The van der Waals surface area contributed by atoms with Crippen LogP contribution in [-0.4, -0.2) is 87.5 Å². The number of ether oxygens (including phenoxy) is 2. The summed E-state index contributed by atoms with van der Waals surface area (Å²) in [4.78, 5) is 28.1. The van der Waals surface area contributed by atoms with E-state index in [9.17, 15) is 19.8 Å². The van der Waals surface area contributed by atoms with Crippen LogP contribution < -0.4 is 14.8 Å². The van der Waals surface area contributed by atoms with Gasteiger partial charge in [-0.05, 0) is 30.3 Å². The molecule has 3 aromatic rings. The largest absolute Gasteiger partial charge is 0.504 e. The lowest BCUT2D eigenvalue weighted by Crippen LogP contribution is -2.48. The van der Waals surface area contributed by atoms with Crippen molar-refractivity contribution in [1.29, 1.82) is 0 Å². The van der Waals surface area contributed by atoms with Crippen LogP contribution >= 0.6 is 11.6 Å². The molecule has 1 aromatic heterocycles. The van der Waals surface area contributed by atoms with Crippen LogP contribution in [0.2, 0.25) is 5.02 Å². The lowest BCUT2D eigenvalue weighted by molar-refractivity contribution is -0.130. The number of nitrogens with zero attached hydrogens (tertiary/aromatic N) is 4. The summed E-state index contributed by atoms with van der Waals surface area (Å²) in [7, 11) is 1.77. The molecule has 0 spiro atoms. The Balaban J connectivity index is 1.41. The Hall–Kier alpha value is -3.96. The highest BCUT2D eigenvalue weighted by Gasteiger charge is 2.20. The molecule has 202 valence electrons. The molecule has 12 heteroatoms. The molecular weight excluding hydrogens is 514 g/mol. The highest BCUT2D eigenvalue weighted by molar-refractivity contribution is 6.33. The molecule has 1 aliphatic rings. The normalized spacial score (nSPS) is 13.8. The van der Waals surface area contributed by atoms with Crippen LogP contribution in [0.25, 0.3) is 11.3 Å². The SMILES string of the molecule is CC(=O)N1CCN(CCOc2ccc(NC(=O)COc3ccc(O)c(O)c3)cc2-c2c(Cl)cnn2C)CC1. The number of aryl methyl sites for hydroxylation is 1. The number of hydrogen-bond acceptors (Lipinski definition) is 8. The highest BCUT2D eigenvalue weighted by atomic mass is 35.5. The average molecular weight is 544 g/mol. The van der Waals surface area contributed by atoms with Crippen molar-refractivity contribution in [2.45, 2.75) is 6.92 Å². The first-order valence-electron chi connectivity index (χ1n) is 12.1. The lowest BCUT2D eigenvalue weighted by Gasteiger charge is -2.34. The smallest absolute Gasteiger partial charge is 0.262 e. The van der Waals surface area contributed by atoms with Gasteiger partial charge in [0.25, 0.3) is 5.91 Å². The van der Waals surface area contributed by atoms with E-state index in [1.165, 1.54) is 18.2 Å². The second-order valence-corrected chi connectivity index (χ2v) is 9.27. The van der Waals surface area contributed by atoms with Gasteiger partial charge in [-0.15, -0.1) is 0 Å². The van der Waals surface area contributed by atoms with Crippen LogP contribution in [0.4, 0.5) is 5.69 Å². The van der Waals surface area contributed by atoms with E-state index in [-0.39, 0.29) is 29.8 Å². The van der Waals surface area contributed by atoms with Gasteiger partial charge in [-0.1, -0.05) is 11.6 Å². The summed E-state index contributed by atoms with van der Waals surface area (Å²) in [6.07, 6.45) is 1.54. The second-order valence-electron chi connectivity index (χ2n) is 8.86. The van der Waals surface area contributed by atoms with Gasteiger partial charge in [-0.25, -0.2) is 0 Å². The van der Waals surface area contributed by atoms with Crippen LogP contribution in [0.15, 0.2) is 42.6 Å². The second kappa shape index (κ2) is 12.1. The molecule has 38 heavy (non-hydrogen) atoms. The van der Waals surface area contributed by atoms with Crippen molar-refractivity contribution < 1.29 is 29.3 Å². The quantitative estimate of drug-likeness (QED) is 0.351. The van der Waals surface area contributed by atoms with E-state index in [2.05, 4.69) is 15.3 Å². The first kappa shape index (κ1) is 27.1. The number of rotatable bonds is 9. The van der Waals surface area contributed by atoms with E-state index >= 15 is 0 Å². The van der Waals surface area contributed by atoms with E-state index in [0.717, 1.165) is 13.1 Å². The Bertz CT molecular complexity index is 1290. The van der Waals surface area contributed by atoms with Gasteiger partial charge in [0.05, 0.1) is 16.9 Å². The summed E-state index contributed by atoms with van der Waals surface area (Å²) in [6, 6.07) is 9.19.